The van der Waals surface area contributed by atoms with Crippen LogP contribution >= 0.6 is 9.24 Å². The second-order valence-electron chi connectivity index (χ2n) is 3.29. The van der Waals surface area contributed by atoms with Crippen LogP contribution in [-0.4, -0.2) is 0 Å². The molecule has 66 valence electrons. The summed E-state index contributed by atoms with van der Waals surface area (Å²) in [4.78, 5) is 0. The summed E-state index contributed by atoms with van der Waals surface area (Å²) in [7, 11) is 2.76. The molecule has 0 saturated heterocycles. The Hall–Kier alpha value is -0.350. The Morgan fingerprint density at radius 2 is 2.08 bits per heavy atom. The van der Waals surface area contributed by atoms with Crippen LogP contribution in [0.5, 0.6) is 0 Å². The van der Waals surface area contributed by atoms with Crippen LogP contribution in [0.4, 0.5) is 0 Å². The number of benzene rings is 1. The van der Waals surface area contributed by atoms with E-state index < -0.39 is 0 Å². The Balaban J connectivity index is 2.69. The number of hydrogen-bond acceptors (Lipinski definition) is 0. The Morgan fingerprint density at radius 3 is 2.67 bits per heavy atom. The van der Waals surface area contributed by atoms with Crippen molar-refractivity contribution in [2.75, 3.05) is 0 Å². The molecule has 1 aromatic rings. The van der Waals surface area contributed by atoms with Crippen LogP contribution < -0.4 is 5.30 Å². The Bertz CT molecular complexity index is 253. The van der Waals surface area contributed by atoms with Gasteiger partial charge in [-0.05, 0) is 36.2 Å². The van der Waals surface area contributed by atoms with Crippen molar-refractivity contribution < 1.29 is 0 Å². The topological polar surface area (TPSA) is 0 Å². The average Bonchev–Trinajstić information content (AvgIpc) is 2.07. The van der Waals surface area contributed by atoms with Crippen molar-refractivity contribution in [3.05, 3.63) is 29.3 Å². The van der Waals surface area contributed by atoms with E-state index in [1.54, 1.807) is 0 Å². The number of unbranched alkanes of at least 4 members (excludes halogenated alkanes) is 1. The minimum absolute atomic E-state index is 1.22. The lowest BCUT2D eigenvalue weighted by Gasteiger charge is -2.03. The fourth-order valence-electron chi connectivity index (χ4n) is 1.27. The third-order valence-electron chi connectivity index (χ3n) is 2.15. The summed E-state index contributed by atoms with van der Waals surface area (Å²) in [6, 6.07) is 6.70. The van der Waals surface area contributed by atoms with Crippen molar-refractivity contribution in [1.29, 1.82) is 0 Å². The van der Waals surface area contributed by atoms with Gasteiger partial charge >= 0.3 is 0 Å². The minimum atomic E-state index is 1.22. The van der Waals surface area contributed by atoms with Gasteiger partial charge in [0.15, 0.2) is 0 Å². The van der Waals surface area contributed by atoms with Crippen LogP contribution in [0.2, 0.25) is 0 Å². The molecular weight excluding hydrogens is 163 g/mol. The molecule has 0 nitrogen and oxygen atoms in total. The van der Waals surface area contributed by atoms with Gasteiger partial charge in [0.05, 0.1) is 0 Å². The largest absolute Gasteiger partial charge is 0.105 e. The summed E-state index contributed by atoms with van der Waals surface area (Å²) in [6.45, 7) is 4.40. The lowest BCUT2D eigenvalue weighted by molar-refractivity contribution is 0.795. The van der Waals surface area contributed by atoms with Gasteiger partial charge in [0, 0.05) is 0 Å². The van der Waals surface area contributed by atoms with E-state index in [0.29, 0.717) is 0 Å². The molecule has 1 aromatic carbocycles. The molecule has 0 fully saturated rings. The molecule has 0 aliphatic carbocycles. The van der Waals surface area contributed by atoms with Gasteiger partial charge in [-0.2, -0.15) is 0 Å². The molecule has 1 unspecified atom stereocenters. The lowest BCUT2D eigenvalue weighted by Crippen LogP contribution is -1.97. The zero-order valence-electron chi connectivity index (χ0n) is 7.93. The average molecular weight is 180 g/mol. The molecule has 0 aliphatic rings. The standard InChI is InChI=1S/C11H17P/c1-3-4-5-10-6-7-11(12)9(2)8-10/h6-8H,3-5,12H2,1-2H3. The van der Waals surface area contributed by atoms with Gasteiger partial charge in [-0.15, -0.1) is 9.24 Å². The fraction of sp³-hybridized carbons (Fsp3) is 0.455. The van der Waals surface area contributed by atoms with Crippen molar-refractivity contribution in [2.24, 2.45) is 0 Å². The van der Waals surface area contributed by atoms with Gasteiger partial charge in [0.25, 0.3) is 0 Å². The first-order valence-electron chi connectivity index (χ1n) is 4.59. The summed E-state index contributed by atoms with van der Waals surface area (Å²) in [5.74, 6) is 0. The van der Waals surface area contributed by atoms with Crippen LogP contribution in [0.3, 0.4) is 0 Å². The Kier molecular flexibility index (Phi) is 3.75. The summed E-state index contributed by atoms with van der Waals surface area (Å²) in [5.41, 5.74) is 2.86. The molecule has 0 heterocycles. The molecule has 0 spiro atoms. The first kappa shape index (κ1) is 9.74. The highest BCUT2D eigenvalue weighted by molar-refractivity contribution is 7.27. The molecule has 0 radical (unpaired) electrons. The van der Waals surface area contributed by atoms with Crippen LogP contribution in [0.25, 0.3) is 0 Å². The van der Waals surface area contributed by atoms with Crippen molar-refractivity contribution in [3.63, 3.8) is 0 Å². The van der Waals surface area contributed by atoms with Crippen molar-refractivity contribution in [3.8, 4) is 0 Å². The predicted molar refractivity (Wildman–Crippen MR) is 59.1 cm³/mol. The predicted octanol–water partition coefficient (Wildman–Crippen LogP) is 2.84. The smallest absolute Gasteiger partial charge is 0.0273 e. The molecule has 12 heavy (non-hydrogen) atoms. The summed E-state index contributed by atoms with van der Waals surface area (Å²) in [5, 5.41) is 1.32. The van der Waals surface area contributed by atoms with Crippen LogP contribution in [0.1, 0.15) is 30.9 Å². The first-order chi connectivity index (χ1) is 5.74. The molecule has 0 aromatic heterocycles. The quantitative estimate of drug-likeness (QED) is 0.627. The van der Waals surface area contributed by atoms with E-state index in [9.17, 15) is 0 Å². The molecule has 0 aliphatic heterocycles. The monoisotopic (exact) mass is 180 g/mol. The zero-order valence-corrected chi connectivity index (χ0v) is 9.09. The van der Waals surface area contributed by atoms with Crippen molar-refractivity contribution >= 4 is 14.5 Å². The van der Waals surface area contributed by atoms with Gasteiger partial charge in [0.1, 0.15) is 0 Å². The highest BCUT2D eigenvalue weighted by atomic mass is 31.0. The third kappa shape index (κ3) is 2.60. The van der Waals surface area contributed by atoms with E-state index in [1.165, 1.54) is 35.7 Å². The maximum atomic E-state index is 2.76. The van der Waals surface area contributed by atoms with Crippen LogP contribution in [-0.2, 0) is 6.42 Å². The fourth-order valence-corrected chi connectivity index (χ4v) is 1.45. The van der Waals surface area contributed by atoms with Gasteiger partial charge in [-0.25, -0.2) is 0 Å². The Labute approximate surface area is 77.6 Å². The number of aryl methyl sites for hydroxylation is 2. The highest BCUT2D eigenvalue weighted by Crippen LogP contribution is 2.08. The number of rotatable bonds is 3. The maximum Gasteiger partial charge on any atom is -0.0273 e. The second kappa shape index (κ2) is 4.62. The zero-order chi connectivity index (χ0) is 8.97. The molecule has 1 heteroatoms. The second-order valence-corrected chi connectivity index (χ2v) is 3.92. The first-order valence-corrected chi connectivity index (χ1v) is 5.16. The SMILES string of the molecule is CCCCc1ccc(P)c(C)c1. The van der Waals surface area contributed by atoms with E-state index >= 15 is 0 Å². The molecule has 0 bridgehead atoms. The molecule has 1 atom stereocenters. The van der Waals surface area contributed by atoms with Gasteiger partial charge < -0.3 is 0 Å². The summed E-state index contributed by atoms with van der Waals surface area (Å²) < 4.78 is 0. The van der Waals surface area contributed by atoms with E-state index in [-0.39, 0.29) is 0 Å². The summed E-state index contributed by atoms with van der Waals surface area (Å²) in [6.07, 6.45) is 3.81. The normalized spacial score (nSPS) is 10.2. The van der Waals surface area contributed by atoms with E-state index in [2.05, 4.69) is 41.3 Å². The van der Waals surface area contributed by atoms with Gasteiger partial charge in [-0.1, -0.05) is 31.5 Å². The van der Waals surface area contributed by atoms with E-state index in [1.807, 2.05) is 0 Å². The maximum absolute atomic E-state index is 2.76. The molecule has 0 amide bonds. The van der Waals surface area contributed by atoms with Gasteiger partial charge in [-0.3, -0.25) is 0 Å². The van der Waals surface area contributed by atoms with Crippen LogP contribution in [0.15, 0.2) is 18.2 Å². The Morgan fingerprint density at radius 1 is 1.33 bits per heavy atom. The van der Waals surface area contributed by atoms with Crippen molar-refractivity contribution in [1.82, 2.24) is 0 Å². The summed E-state index contributed by atoms with van der Waals surface area (Å²) >= 11 is 0. The minimum Gasteiger partial charge on any atom is -0.105 e. The third-order valence-corrected chi connectivity index (χ3v) is 2.80. The van der Waals surface area contributed by atoms with Crippen LogP contribution in [0, 0.1) is 6.92 Å². The molecular formula is C11H17P. The molecule has 1 rings (SSSR count). The van der Waals surface area contributed by atoms with Gasteiger partial charge in [0.2, 0.25) is 0 Å². The van der Waals surface area contributed by atoms with Crippen molar-refractivity contribution in [2.45, 2.75) is 33.1 Å². The number of hydrogen-bond donors (Lipinski definition) is 0. The molecule has 0 saturated carbocycles. The molecule has 0 N–H and O–H groups in total. The highest BCUT2D eigenvalue weighted by Gasteiger charge is 1.95. The lowest BCUT2D eigenvalue weighted by atomic mass is 10.1. The van der Waals surface area contributed by atoms with E-state index in [4.69, 9.17) is 0 Å². The van der Waals surface area contributed by atoms with E-state index in [0.717, 1.165) is 0 Å².